The number of halogens is 3. The highest BCUT2D eigenvalue weighted by molar-refractivity contribution is 5.88. The quantitative estimate of drug-likeness (QED) is 0.895. The molecule has 0 amide bonds. The maximum absolute atomic E-state index is 10.7. The molecule has 0 radical (unpaired) electrons. The van der Waals surface area contributed by atoms with Gasteiger partial charge in [0.2, 0.25) is 0 Å². The highest BCUT2D eigenvalue weighted by atomic mass is 19.4. The lowest BCUT2D eigenvalue weighted by Crippen LogP contribution is -2.21. The van der Waals surface area contributed by atoms with Crippen LogP contribution in [0.5, 0.6) is 0 Å². The third-order valence-corrected chi connectivity index (χ3v) is 2.83. The van der Waals surface area contributed by atoms with Gasteiger partial charge in [-0.15, -0.1) is 0 Å². The summed E-state index contributed by atoms with van der Waals surface area (Å²) in [5.74, 6) is -3.66. The third kappa shape index (κ3) is 5.99. The van der Waals surface area contributed by atoms with E-state index < -0.39 is 18.1 Å². The summed E-state index contributed by atoms with van der Waals surface area (Å²) >= 11 is 0. The minimum atomic E-state index is -5.08. The van der Waals surface area contributed by atoms with Crippen LogP contribution < -0.4 is 0 Å². The monoisotopic (exact) mass is 341 g/mol. The lowest BCUT2D eigenvalue weighted by atomic mass is 10.1. The Morgan fingerprint density at radius 3 is 1.96 bits per heavy atom. The van der Waals surface area contributed by atoms with E-state index in [9.17, 15) is 18.0 Å². The number of hydrogen-bond acceptors (Lipinski definition) is 2. The Bertz CT molecular complexity index is 731. The molecule has 2 rings (SSSR count). The van der Waals surface area contributed by atoms with E-state index in [1.807, 2.05) is 42.1 Å². The molecule has 5 nitrogen and oxygen atoms in total. The first kappa shape index (κ1) is 19.0. The third-order valence-electron chi connectivity index (χ3n) is 2.83. The van der Waals surface area contributed by atoms with Crippen molar-refractivity contribution < 1.29 is 33.0 Å². The van der Waals surface area contributed by atoms with Crippen molar-refractivity contribution in [2.24, 2.45) is 7.05 Å². The van der Waals surface area contributed by atoms with Gasteiger partial charge in [0.05, 0.1) is 5.56 Å². The lowest BCUT2D eigenvalue weighted by molar-refractivity contribution is -0.192. The molecule has 8 heteroatoms. The van der Waals surface area contributed by atoms with Gasteiger partial charge in [0.25, 0.3) is 0 Å². The smallest absolute Gasteiger partial charge is 0.478 e. The van der Waals surface area contributed by atoms with E-state index in [-0.39, 0.29) is 0 Å². The van der Waals surface area contributed by atoms with Crippen LogP contribution in [-0.4, -0.2) is 32.9 Å². The van der Waals surface area contributed by atoms with E-state index in [1.54, 1.807) is 24.3 Å². The Kier molecular flexibility index (Phi) is 6.34. The highest BCUT2D eigenvalue weighted by Crippen LogP contribution is 2.13. The number of carboxylic acids is 2. The van der Waals surface area contributed by atoms with E-state index >= 15 is 0 Å². The second-order valence-corrected chi connectivity index (χ2v) is 4.61. The van der Waals surface area contributed by atoms with Crippen LogP contribution in [0.25, 0.3) is 12.2 Å². The molecule has 24 heavy (non-hydrogen) atoms. The van der Waals surface area contributed by atoms with E-state index in [0.717, 1.165) is 11.3 Å². The van der Waals surface area contributed by atoms with Crippen molar-refractivity contribution in [1.29, 1.82) is 0 Å². The molecule has 0 saturated carbocycles. The Morgan fingerprint density at radius 2 is 1.58 bits per heavy atom. The standard InChI is InChI=1S/C14H13NO2.C2HF3O2/c1-15-10-2-3-13(15)9-6-11-4-7-12(8-5-11)14(16)17;3-2(4,5)1(6)7/h2-10H,1H3,(H,16,17);(H,6,7)/b9-6+;. The maximum Gasteiger partial charge on any atom is 0.490 e. The van der Waals surface area contributed by atoms with E-state index in [0.29, 0.717) is 5.56 Å². The Labute approximate surface area is 135 Å². The van der Waals surface area contributed by atoms with Gasteiger partial charge in [0, 0.05) is 18.9 Å². The number of nitrogens with zero attached hydrogens (tertiary/aromatic N) is 1. The number of aliphatic carboxylic acids is 1. The molecule has 0 aliphatic heterocycles. The predicted octanol–water partition coefficient (Wildman–Crippen LogP) is 3.53. The molecule has 2 aromatic rings. The zero-order valence-electron chi connectivity index (χ0n) is 12.5. The van der Waals surface area contributed by atoms with Crippen molar-refractivity contribution in [2.75, 3.05) is 0 Å². The van der Waals surface area contributed by atoms with Crippen molar-refractivity contribution in [2.45, 2.75) is 6.18 Å². The van der Waals surface area contributed by atoms with E-state index in [1.165, 1.54) is 0 Å². The molecule has 1 aromatic carbocycles. The lowest BCUT2D eigenvalue weighted by Gasteiger charge is -1.97. The topological polar surface area (TPSA) is 79.5 Å². The summed E-state index contributed by atoms with van der Waals surface area (Å²) in [6.07, 6.45) is 0.851. The van der Waals surface area contributed by atoms with Crippen LogP contribution >= 0.6 is 0 Å². The Hall–Kier alpha value is -3.03. The fourth-order valence-corrected chi connectivity index (χ4v) is 1.57. The zero-order valence-corrected chi connectivity index (χ0v) is 12.5. The molecule has 128 valence electrons. The fourth-order valence-electron chi connectivity index (χ4n) is 1.57. The van der Waals surface area contributed by atoms with Gasteiger partial charge in [-0.05, 0) is 35.9 Å². The molecule has 0 spiro atoms. The van der Waals surface area contributed by atoms with Crippen LogP contribution in [-0.2, 0) is 11.8 Å². The molecule has 0 saturated heterocycles. The fraction of sp³-hybridized carbons (Fsp3) is 0.125. The molecule has 0 fully saturated rings. The first-order valence-electron chi connectivity index (χ1n) is 6.54. The van der Waals surface area contributed by atoms with Crippen molar-refractivity contribution in [3.05, 3.63) is 59.4 Å². The first-order valence-corrected chi connectivity index (χ1v) is 6.54. The number of aromatic carboxylic acids is 1. The van der Waals surface area contributed by atoms with Gasteiger partial charge in [-0.3, -0.25) is 0 Å². The van der Waals surface area contributed by atoms with E-state index in [4.69, 9.17) is 15.0 Å². The van der Waals surface area contributed by atoms with Gasteiger partial charge in [0.1, 0.15) is 0 Å². The van der Waals surface area contributed by atoms with Crippen LogP contribution in [0.1, 0.15) is 21.6 Å². The van der Waals surface area contributed by atoms with Crippen LogP contribution in [0.2, 0.25) is 0 Å². The highest BCUT2D eigenvalue weighted by Gasteiger charge is 2.38. The molecule has 0 bridgehead atoms. The molecule has 0 aliphatic rings. The van der Waals surface area contributed by atoms with E-state index in [2.05, 4.69) is 0 Å². The average Bonchev–Trinajstić information content (AvgIpc) is 2.90. The van der Waals surface area contributed by atoms with Crippen LogP contribution in [0.4, 0.5) is 13.2 Å². The van der Waals surface area contributed by atoms with Gasteiger partial charge in [-0.1, -0.05) is 18.2 Å². The van der Waals surface area contributed by atoms with Gasteiger partial charge in [0.15, 0.2) is 0 Å². The number of hydrogen-bond donors (Lipinski definition) is 2. The molecule has 0 unspecified atom stereocenters. The SMILES string of the molecule is Cn1cccc1/C=C/c1ccc(C(=O)O)cc1.O=C(O)C(F)(F)F. The van der Waals surface area contributed by atoms with Crippen molar-refractivity contribution >= 4 is 24.1 Å². The van der Waals surface area contributed by atoms with Gasteiger partial charge < -0.3 is 14.8 Å². The van der Waals surface area contributed by atoms with Crippen molar-refractivity contribution in [3.8, 4) is 0 Å². The maximum atomic E-state index is 10.7. The average molecular weight is 341 g/mol. The minimum absolute atomic E-state index is 0.306. The minimum Gasteiger partial charge on any atom is -0.478 e. The molecule has 0 aliphatic carbocycles. The number of rotatable bonds is 3. The summed E-state index contributed by atoms with van der Waals surface area (Å²) in [7, 11) is 1.98. The summed E-state index contributed by atoms with van der Waals surface area (Å²) in [4.78, 5) is 19.6. The van der Waals surface area contributed by atoms with Gasteiger partial charge >= 0.3 is 18.1 Å². The largest absolute Gasteiger partial charge is 0.490 e. The van der Waals surface area contributed by atoms with Crippen molar-refractivity contribution in [3.63, 3.8) is 0 Å². The normalized spacial score (nSPS) is 11.0. The zero-order chi connectivity index (χ0) is 18.3. The Balaban J connectivity index is 0.000000351. The second kappa shape index (κ2) is 8.00. The number of aryl methyl sites for hydroxylation is 1. The summed E-state index contributed by atoms with van der Waals surface area (Å²) in [5, 5.41) is 15.9. The second-order valence-electron chi connectivity index (χ2n) is 4.61. The van der Waals surface area contributed by atoms with Gasteiger partial charge in [-0.25, -0.2) is 9.59 Å². The predicted molar refractivity (Wildman–Crippen MR) is 81.4 cm³/mol. The summed E-state index contributed by atoms with van der Waals surface area (Å²) in [6, 6.07) is 10.8. The molecule has 0 atom stereocenters. The first-order chi connectivity index (χ1) is 11.1. The number of alkyl halides is 3. The van der Waals surface area contributed by atoms with Crippen molar-refractivity contribution in [1.82, 2.24) is 4.57 Å². The molecular formula is C16H14F3NO4. The number of benzene rings is 1. The number of aromatic nitrogens is 1. The summed E-state index contributed by atoms with van der Waals surface area (Å²) < 4.78 is 33.8. The summed E-state index contributed by atoms with van der Waals surface area (Å²) in [5.41, 5.74) is 2.39. The van der Waals surface area contributed by atoms with Crippen LogP contribution in [0.3, 0.4) is 0 Å². The van der Waals surface area contributed by atoms with Gasteiger partial charge in [-0.2, -0.15) is 13.2 Å². The summed E-state index contributed by atoms with van der Waals surface area (Å²) in [6.45, 7) is 0. The van der Waals surface area contributed by atoms with Crippen LogP contribution in [0.15, 0.2) is 42.6 Å². The Morgan fingerprint density at radius 1 is 1.04 bits per heavy atom. The molecule has 1 aromatic heterocycles. The number of carboxylic acid groups (broad SMARTS) is 2. The van der Waals surface area contributed by atoms with Crippen LogP contribution in [0, 0.1) is 0 Å². The molecule has 2 N–H and O–H groups in total. The molecule has 1 heterocycles. The molecular weight excluding hydrogens is 327 g/mol. The number of carbonyl (C=O) groups is 2.